The molecule has 0 saturated carbocycles. The molecule has 1 N–H and O–H groups in total. The molecule has 2 aromatic rings. The van der Waals surface area contributed by atoms with Crippen molar-refractivity contribution in [3.63, 3.8) is 0 Å². The molecular formula is C8H8N4O. The number of hydrogen-bond acceptors (Lipinski definition) is 4. The van der Waals surface area contributed by atoms with Gasteiger partial charge in [0.25, 0.3) is 0 Å². The van der Waals surface area contributed by atoms with Gasteiger partial charge in [0, 0.05) is 5.56 Å². The Kier molecular flexibility index (Phi) is 1.70. The van der Waals surface area contributed by atoms with E-state index in [9.17, 15) is 0 Å². The van der Waals surface area contributed by atoms with Crippen LogP contribution in [0.2, 0.25) is 0 Å². The number of benzene rings is 1. The second kappa shape index (κ2) is 2.85. The topological polar surface area (TPSA) is 63.8 Å². The molecule has 0 saturated heterocycles. The highest BCUT2D eigenvalue weighted by Gasteiger charge is 2.06. The van der Waals surface area contributed by atoms with Crippen molar-refractivity contribution < 1.29 is 5.21 Å². The maximum absolute atomic E-state index is 9.15. The third-order valence-corrected chi connectivity index (χ3v) is 1.76. The van der Waals surface area contributed by atoms with Crippen LogP contribution in [0.3, 0.4) is 0 Å². The summed E-state index contributed by atoms with van der Waals surface area (Å²) >= 11 is 0. The van der Waals surface area contributed by atoms with Crippen molar-refractivity contribution in [1.82, 2.24) is 20.4 Å². The fourth-order valence-corrected chi connectivity index (χ4v) is 1.06. The molecule has 1 aromatic carbocycles. The number of aryl methyl sites for hydroxylation is 1. The number of hydrogen-bond donors (Lipinski definition) is 1. The molecule has 5 nitrogen and oxygen atoms in total. The minimum Gasteiger partial charge on any atom is -0.409 e. The standard InChI is InChI=1S/C8H8N4O/c1-6-2-4-7(5-3-6)8-9-10-11-12(8)13/h2-5,13H,1H3. The molecule has 0 bridgehead atoms. The van der Waals surface area contributed by atoms with E-state index in [1.165, 1.54) is 0 Å². The van der Waals surface area contributed by atoms with Gasteiger partial charge in [0.05, 0.1) is 0 Å². The molecule has 5 heteroatoms. The van der Waals surface area contributed by atoms with Crippen LogP contribution in [0.25, 0.3) is 11.4 Å². The lowest BCUT2D eigenvalue weighted by Gasteiger charge is -1.97. The van der Waals surface area contributed by atoms with Gasteiger partial charge in [-0.15, -0.1) is 5.10 Å². The molecule has 0 aliphatic rings. The van der Waals surface area contributed by atoms with Crippen molar-refractivity contribution in [3.8, 4) is 11.4 Å². The van der Waals surface area contributed by atoms with E-state index in [-0.39, 0.29) is 0 Å². The van der Waals surface area contributed by atoms with Gasteiger partial charge in [0.2, 0.25) is 5.82 Å². The summed E-state index contributed by atoms with van der Waals surface area (Å²) in [6, 6.07) is 7.58. The molecule has 0 atom stereocenters. The van der Waals surface area contributed by atoms with Gasteiger partial charge in [-0.05, 0) is 17.4 Å². The van der Waals surface area contributed by atoms with Crippen molar-refractivity contribution in [1.29, 1.82) is 0 Å². The van der Waals surface area contributed by atoms with Crippen LogP contribution in [-0.4, -0.2) is 25.6 Å². The van der Waals surface area contributed by atoms with Crippen LogP contribution in [0, 0.1) is 6.92 Å². The number of tetrazole rings is 1. The van der Waals surface area contributed by atoms with Gasteiger partial charge in [-0.25, -0.2) is 0 Å². The third-order valence-electron chi connectivity index (χ3n) is 1.76. The molecule has 0 aliphatic heterocycles. The first kappa shape index (κ1) is 7.72. The molecule has 2 rings (SSSR count). The van der Waals surface area contributed by atoms with E-state index in [0.29, 0.717) is 10.7 Å². The zero-order valence-electron chi connectivity index (χ0n) is 7.05. The summed E-state index contributed by atoms with van der Waals surface area (Å²) in [6.45, 7) is 1.99. The molecule has 13 heavy (non-hydrogen) atoms. The monoisotopic (exact) mass is 176 g/mol. The summed E-state index contributed by atoms with van der Waals surface area (Å²) < 4.78 is 0. The van der Waals surface area contributed by atoms with E-state index in [4.69, 9.17) is 5.21 Å². The second-order valence-electron chi connectivity index (χ2n) is 2.76. The van der Waals surface area contributed by atoms with E-state index in [1.807, 2.05) is 31.2 Å². The smallest absolute Gasteiger partial charge is 0.222 e. The third kappa shape index (κ3) is 1.35. The summed E-state index contributed by atoms with van der Waals surface area (Å²) in [6.07, 6.45) is 0. The van der Waals surface area contributed by atoms with Crippen molar-refractivity contribution in [2.45, 2.75) is 6.92 Å². The van der Waals surface area contributed by atoms with Crippen LogP contribution in [0.4, 0.5) is 0 Å². The molecule has 0 aliphatic carbocycles. The van der Waals surface area contributed by atoms with Crippen LogP contribution < -0.4 is 0 Å². The quantitative estimate of drug-likeness (QED) is 0.655. The average molecular weight is 176 g/mol. The Labute approximate surface area is 74.6 Å². The van der Waals surface area contributed by atoms with Gasteiger partial charge in [-0.3, -0.25) is 0 Å². The highest BCUT2D eigenvalue weighted by atomic mass is 16.5. The molecule has 1 aromatic heterocycles. The Bertz CT molecular complexity index is 406. The fraction of sp³-hybridized carbons (Fsp3) is 0.125. The summed E-state index contributed by atoms with van der Waals surface area (Å²) in [7, 11) is 0. The minimum absolute atomic E-state index is 0.347. The number of aromatic nitrogens is 4. The van der Waals surface area contributed by atoms with Gasteiger partial charge in [-0.2, -0.15) is 0 Å². The summed E-state index contributed by atoms with van der Waals surface area (Å²) in [5.41, 5.74) is 1.94. The van der Waals surface area contributed by atoms with E-state index in [1.54, 1.807) is 0 Å². The minimum atomic E-state index is 0.347. The van der Waals surface area contributed by atoms with Crippen molar-refractivity contribution >= 4 is 0 Å². The Morgan fingerprint density at radius 2 is 1.92 bits per heavy atom. The Morgan fingerprint density at radius 1 is 1.23 bits per heavy atom. The number of rotatable bonds is 1. The highest BCUT2D eigenvalue weighted by molar-refractivity contribution is 5.54. The first-order valence-corrected chi connectivity index (χ1v) is 3.82. The van der Waals surface area contributed by atoms with E-state index >= 15 is 0 Å². The summed E-state index contributed by atoms with van der Waals surface area (Å²) in [5.74, 6) is 0.347. The van der Waals surface area contributed by atoms with E-state index in [0.717, 1.165) is 11.1 Å². The van der Waals surface area contributed by atoms with Gasteiger partial charge in [0.15, 0.2) is 0 Å². The maximum atomic E-state index is 9.15. The lowest BCUT2D eigenvalue weighted by molar-refractivity contribution is 0.147. The lowest BCUT2D eigenvalue weighted by atomic mass is 10.1. The van der Waals surface area contributed by atoms with Gasteiger partial charge in [-0.1, -0.05) is 34.7 Å². The van der Waals surface area contributed by atoms with Crippen molar-refractivity contribution in [2.75, 3.05) is 0 Å². The van der Waals surface area contributed by atoms with Crippen LogP contribution in [0.5, 0.6) is 0 Å². The fourth-order valence-electron chi connectivity index (χ4n) is 1.06. The van der Waals surface area contributed by atoms with E-state index in [2.05, 4.69) is 15.5 Å². The predicted molar refractivity (Wildman–Crippen MR) is 45.2 cm³/mol. The average Bonchev–Trinajstić information content (AvgIpc) is 2.53. The van der Waals surface area contributed by atoms with Gasteiger partial charge in [0.1, 0.15) is 0 Å². The molecule has 0 unspecified atom stereocenters. The second-order valence-corrected chi connectivity index (χ2v) is 2.76. The normalized spacial score (nSPS) is 10.2. The molecular weight excluding hydrogens is 168 g/mol. The first-order chi connectivity index (χ1) is 6.27. The number of nitrogens with zero attached hydrogens (tertiary/aromatic N) is 4. The highest BCUT2D eigenvalue weighted by Crippen LogP contribution is 2.14. The largest absolute Gasteiger partial charge is 0.409 e. The van der Waals surface area contributed by atoms with Gasteiger partial charge >= 0.3 is 0 Å². The first-order valence-electron chi connectivity index (χ1n) is 3.82. The van der Waals surface area contributed by atoms with Crippen LogP contribution in [-0.2, 0) is 0 Å². The molecule has 0 fully saturated rings. The van der Waals surface area contributed by atoms with Crippen LogP contribution >= 0.6 is 0 Å². The lowest BCUT2D eigenvalue weighted by Crippen LogP contribution is -1.95. The predicted octanol–water partition coefficient (Wildman–Crippen LogP) is 0.886. The SMILES string of the molecule is Cc1ccc(-c2nnnn2O)cc1. The zero-order chi connectivity index (χ0) is 9.26. The Balaban J connectivity index is 2.47. The van der Waals surface area contributed by atoms with Crippen LogP contribution in [0.15, 0.2) is 24.3 Å². The zero-order valence-corrected chi connectivity index (χ0v) is 7.05. The van der Waals surface area contributed by atoms with Crippen LogP contribution in [0.1, 0.15) is 5.56 Å². The summed E-state index contributed by atoms with van der Waals surface area (Å²) in [5, 5.41) is 19.5. The summed E-state index contributed by atoms with van der Waals surface area (Å²) in [4.78, 5) is 0.657. The maximum Gasteiger partial charge on any atom is 0.222 e. The molecule has 0 spiro atoms. The van der Waals surface area contributed by atoms with Crippen molar-refractivity contribution in [3.05, 3.63) is 29.8 Å². The Morgan fingerprint density at radius 3 is 2.46 bits per heavy atom. The molecule has 1 heterocycles. The van der Waals surface area contributed by atoms with Crippen molar-refractivity contribution in [2.24, 2.45) is 0 Å². The molecule has 0 radical (unpaired) electrons. The molecule has 66 valence electrons. The molecule has 0 amide bonds. The Hall–Kier alpha value is -1.91. The van der Waals surface area contributed by atoms with Gasteiger partial charge < -0.3 is 5.21 Å². The van der Waals surface area contributed by atoms with E-state index < -0.39 is 0 Å².